The van der Waals surface area contributed by atoms with Crippen LogP contribution in [-0.2, 0) is 16.0 Å². The van der Waals surface area contributed by atoms with Crippen molar-refractivity contribution in [2.45, 2.75) is 6.42 Å². The normalized spacial score (nSPS) is 13.3. The number of benzene rings is 2. The van der Waals surface area contributed by atoms with Gasteiger partial charge < -0.3 is 15.0 Å². The van der Waals surface area contributed by atoms with Crippen LogP contribution in [0, 0.1) is 0 Å². The summed E-state index contributed by atoms with van der Waals surface area (Å²) in [6, 6.07) is 14.8. The van der Waals surface area contributed by atoms with E-state index in [1.807, 2.05) is 42.5 Å². The van der Waals surface area contributed by atoms with Crippen LogP contribution in [0.4, 0.5) is 11.4 Å². The van der Waals surface area contributed by atoms with E-state index in [0.717, 1.165) is 11.3 Å². The summed E-state index contributed by atoms with van der Waals surface area (Å²) < 4.78 is 5.37. The lowest BCUT2D eigenvalue weighted by molar-refractivity contribution is -0.121. The van der Waals surface area contributed by atoms with E-state index >= 15 is 0 Å². The lowest BCUT2D eigenvalue weighted by Crippen LogP contribution is -2.35. The summed E-state index contributed by atoms with van der Waals surface area (Å²) in [6.45, 7) is 0.0529. The third-order valence-electron chi connectivity index (χ3n) is 3.53. The largest absolute Gasteiger partial charge is 0.482 e. The summed E-state index contributed by atoms with van der Waals surface area (Å²) in [5, 5.41) is 2.84. The van der Waals surface area contributed by atoms with Crippen molar-refractivity contribution in [1.82, 2.24) is 0 Å². The van der Waals surface area contributed by atoms with E-state index in [9.17, 15) is 9.59 Å². The highest BCUT2D eigenvalue weighted by Gasteiger charge is 2.22. The van der Waals surface area contributed by atoms with Crippen molar-refractivity contribution in [2.24, 2.45) is 0 Å². The average molecular weight is 296 g/mol. The quantitative estimate of drug-likeness (QED) is 0.945. The van der Waals surface area contributed by atoms with Crippen LogP contribution in [-0.4, -0.2) is 25.5 Å². The Morgan fingerprint density at radius 2 is 2.00 bits per heavy atom. The Bertz CT molecular complexity index is 713. The predicted octanol–water partition coefficient (Wildman–Crippen LogP) is 2.22. The van der Waals surface area contributed by atoms with Gasteiger partial charge in [0.05, 0.1) is 12.1 Å². The lowest BCUT2D eigenvalue weighted by Gasteiger charge is -2.26. The summed E-state index contributed by atoms with van der Waals surface area (Å²) in [4.78, 5) is 25.3. The molecule has 1 aliphatic heterocycles. The van der Waals surface area contributed by atoms with Crippen molar-refractivity contribution in [3.63, 3.8) is 0 Å². The van der Waals surface area contributed by atoms with Crippen LogP contribution >= 0.6 is 0 Å². The standard InChI is InChI=1S/C17H16N2O3/c1-19-14-9-12(7-8-15(14)22-11-17(19)21)10-16(20)18-13-5-3-2-4-6-13/h2-9H,10-11H2,1H3,(H,18,20). The van der Waals surface area contributed by atoms with Gasteiger partial charge in [0.1, 0.15) is 5.75 Å². The van der Waals surface area contributed by atoms with Gasteiger partial charge in [-0.1, -0.05) is 24.3 Å². The Hall–Kier alpha value is -2.82. The number of nitrogens with zero attached hydrogens (tertiary/aromatic N) is 1. The maximum absolute atomic E-state index is 12.1. The summed E-state index contributed by atoms with van der Waals surface area (Å²) in [5.41, 5.74) is 2.29. The zero-order chi connectivity index (χ0) is 15.5. The molecular weight excluding hydrogens is 280 g/mol. The van der Waals surface area contributed by atoms with Crippen molar-refractivity contribution in [2.75, 3.05) is 23.9 Å². The second-order valence-corrected chi connectivity index (χ2v) is 5.13. The molecule has 112 valence electrons. The molecule has 0 atom stereocenters. The molecule has 0 aliphatic carbocycles. The first-order valence-corrected chi connectivity index (χ1v) is 7.00. The van der Waals surface area contributed by atoms with E-state index in [0.29, 0.717) is 11.4 Å². The summed E-state index contributed by atoms with van der Waals surface area (Å²) in [5.74, 6) is 0.463. The van der Waals surface area contributed by atoms with Crippen LogP contribution in [0.3, 0.4) is 0 Å². The first-order chi connectivity index (χ1) is 10.6. The van der Waals surface area contributed by atoms with Crippen LogP contribution in [0.5, 0.6) is 5.75 Å². The summed E-state index contributed by atoms with van der Waals surface area (Å²) in [6.07, 6.45) is 0.240. The molecule has 0 aromatic heterocycles. The van der Waals surface area contributed by atoms with Gasteiger partial charge >= 0.3 is 0 Å². The maximum atomic E-state index is 12.1. The highest BCUT2D eigenvalue weighted by molar-refractivity contribution is 5.98. The number of nitrogens with one attached hydrogen (secondary N) is 1. The van der Waals surface area contributed by atoms with Crippen LogP contribution in [0.25, 0.3) is 0 Å². The molecule has 5 heteroatoms. The number of carbonyl (C=O) groups is 2. The molecule has 0 unspecified atom stereocenters. The first kappa shape index (κ1) is 14.1. The molecule has 0 fully saturated rings. The van der Waals surface area contributed by atoms with E-state index in [4.69, 9.17) is 4.74 Å². The van der Waals surface area contributed by atoms with Crippen LogP contribution < -0.4 is 15.0 Å². The third kappa shape index (κ3) is 2.93. The van der Waals surface area contributed by atoms with Gasteiger partial charge in [0, 0.05) is 12.7 Å². The van der Waals surface area contributed by atoms with E-state index in [1.54, 1.807) is 18.0 Å². The molecule has 2 aromatic carbocycles. The zero-order valence-electron chi connectivity index (χ0n) is 12.2. The number of hydrogen-bond donors (Lipinski definition) is 1. The van der Waals surface area contributed by atoms with Gasteiger partial charge in [-0.25, -0.2) is 0 Å². The molecule has 1 aliphatic rings. The Labute approximate surface area is 128 Å². The topological polar surface area (TPSA) is 58.6 Å². The lowest BCUT2D eigenvalue weighted by atomic mass is 10.1. The van der Waals surface area contributed by atoms with E-state index in [-0.39, 0.29) is 24.8 Å². The number of fused-ring (bicyclic) bond motifs is 1. The predicted molar refractivity (Wildman–Crippen MR) is 84.1 cm³/mol. The minimum Gasteiger partial charge on any atom is -0.482 e. The molecule has 0 bridgehead atoms. The highest BCUT2D eigenvalue weighted by atomic mass is 16.5. The molecule has 5 nitrogen and oxygen atoms in total. The average Bonchev–Trinajstić information content (AvgIpc) is 2.52. The van der Waals surface area contributed by atoms with Gasteiger partial charge in [-0.3, -0.25) is 9.59 Å². The molecule has 1 heterocycles. The minimum absolute atomic E-state index is 0.0529. The van der Waals surface area contributed by atoms with Crippen LogP contribution in [0.1, 0.15) is 5.56 Å². The molecule has 0 radical (unpaired) electrons. The van der Waals surface area contributed by atoms with Gasteiger partial charge in [-0.2, -0.15) is 0 Å². The van der Waals surface area contributed by atoms with Gasteiger partial charge in [0.15, 0.2) is 6.61 Å². The Morgan fingerprint density at radius 1 is 1.23 bits per heavy atom. The monoisotopic (exact) mass is 296 g/mol. The Morgan fingerprint density at radius 3 is 2.77 bits per heavy atom. The fourth-order valence-electron chi connectivity index (χ4n) is 2.34. The van der Waals surface area contributed by atoms with E-state index < -0.39 is 0 Å². The molecule has 1 N–H and O–H groups in total. The van der Waals surface area contributed by atoms with Crippen LogP contribution in [0.15, 0.2) is 48.5 Å². The number of hydrogen-bond acceptors (Lipinski definition) is 3. The third-order valence-corrected chi connectivity index (χ3v) is 3.53. The number of likely N-dealkylation sites (N-methyl/N-ethyl adjacent to an activating group) is 1. The summed E-state index contributed by atoms with van der Waals surface area (Å²) >= 11 is 0. The van der Waals surface area contributed by atoms with Gasteiger partial charge in [0.25, 0.3) is 5.91 Å². The molecular formula is C17H16N2O3. The number of ether oxygens (including phenoxy) is 1. The van der Waals surface area contributed by atoms with Crippen molar-refractivity contribution in [1.29, 1.82) is 0 Å². The minimum atomic E-state index is -0.100. The second kappa shape index (κ2) is 5.89. The molecule has 2 aromatic rings. The second-order valence-electron chi connectivity index (χ2n) is 5.13. The fourth-order valence-corrected chi connectivity index (χ4v) is 2.34. The Kier molecular flexibility index (Phi) is 3.78. The first-order valence-electron chi connectivity index (χ1n) is 7.00. The number of para-hydroxylation sites is 1. The molecule has 0 spiro atoms. The van der Waals surface area contributed by atoms with Crippen molar-refractivity contribution in [3.05, 3.63) is 54.1 Å². The molecule has 0 saturated heterocycles. The SMILES string of the molecule is CN1C(=O)COc2ccc(CC(=O)Nc3ccccc3)cc21. The van der Waals surface area contributed by atoms with E-state index in [2.05, 4.69) is 5.32 Å². The van der Waals surface area contributed by atoms with E-state index in [1.165, 1.54) is 0 Å². The van der Waals surface area contributed by atoms with Crippen molar-refractivity contribution >= 4 is 23.2 Å². The number of carbonyl (C=O) groups excluding carboxylic acids is 2. The fraction of sp³-hybridized carbons (Fsp3) is 0.176. The van der Waals surface area contributed by atoms with Gasteiger partial charge in [-0.15, -0.1) is 0 Å². The van der Waals surface area contributed by atoms with Crippen molar-refractivity contribution < 1.29 is 14.3 Å². The molecule has 2 amide bonds. The Balaban J connectivity index is 1.73. The molecule has 22 heavy (non-hydrogen) atoms. The summed E-state index contributed by atoms with van der Waals surface area (Å²) in [7, 11) is 1.71. The molecule has 3 rings (SSSR count). The van der Waals surface area contributed by atoms with Crippen LogP contribution in [0.2, 0.25) is 0 Å². The van der Waals surface area contributed by atoms with Crippen molar-refractivity contribution in [3.8, 4) is 5.75 Å². The number of amides is 2. The molecule has 0 saturated carbocycles. The number of anilines is 2. The highest BCUT2D eigenvalue weighted by Crippen LogP contribution is 2.32. The smallest absolute Gasteiger partial charge is 0.264 e. The zero-order valence-corrected chi connectivity index (χ0v) is 12.2. The maximum Gasteiger partial charge on any atom is 0.264 e. The van der Waals surface area contributed by atoms with Gasteiger partial charge in [0.2, 0.25) is 5.91 Å². The van der Waals surface area contributed by atoms with Gasteiger partial charge in [-0.05, 0) is 29.8 Å². The number of rotatable bonds is 3.